The number of amides is 1. The summed E-state index contributed by atoms with van der Waals surface area (Å²) >= 11 is 1.24. The summed E-state index contributed by atoms with van der Waals surface area (Å²) < 4.78 is 28.6. The molecule has 1 aliphatic rings. The first-order chi connectivity index (χ1) is 14.1. The zero-order valence-corrected chi connectivity index (χ0v) is 17.2. The number of hydrogen-bond acceptors (Lipinski definition) is 4. The molecule has 0 radical (unpaired) electrons. The van der Waals surface area contributed by atoms with Crippen LogP contribution in [0.5, 0.6) is 0 Å². The van der Waals surface area contributed by atoms with Crippen LogP contribution < -0.4 is 5.32 Å². The average Bonchev–Trinajstić information content (AvgIpc) is 3.10. The van der Waals surface area contributed by atoms with Gasteiger partial charge in [0.15, 0.2) is 5.16 Å². The standard InChI is InChI=1S/C21H26F2N4OS/c1-2-12-27-19(11-8-15-6-4-3-5-7-15)25-26-21(27)29-14-20(28)24-18-10-9-16(22)13-17(18)23/h2,9-10,13,15H,1,3-8,11-12,14H2,(H,24,28). The lowest BCUT2D eigenvalue weighted by atomic mass is 9.86. The summed E-state index contributed by atoms with van der Waals surface area (Å²) in [7, 11) is 0. The zero-order chi connectivity index (χ0) is 20.6. The fourth-order valence-electron chi connectivity index (χ4n) is 3.64. The van der Waals surface area contributed by atoms with E-state index < -0.39 is 17.5 Å². The lowest BCUT2D eigenvalue weighted by Crippen LogP contribution is -2.16. The Morgan fingerprint density at radius 3 is 2.79 bits per heavy atom. The number of hydrogen-bond donors (Lipinski definition) is 1. The molecule has 2 aromatic rings. The molecule has 0 saturated heterocycles. The second-order valence-corrected chi connectivity index (χ2v) is 8.24. The van der Waals surface area contributed by atoms with Crippen LogP contribution in [0.2, 0.25) is 0 Å². The van der Waals surface area contributed by atoms with E-state index >= 15 is 0 Å². The van der Waals surface area contributed by atoms with Gasteiger partial charge in [0, 0.05) is 19.0 Å². The van der Waals surface area contributed by atoms with Crippen molar-refractivity contribution >= 4 is 23.4 Å². The van der Waals surface area contributed by atoms with Gasteiger partial charge in [-0.2, -0.15) is 0 Å². The van der Waals surface area contributed by atoms with Crippen molar-refractivity contribution in [1.82, 2.24) is 14.8 Å². The Morgan fingerprint density at radius 1 is 1.28 bits per heavy atom. The van der Waals surface area contributed by atoms with E-state index in [0.717, 1.165) is 36.7 Å². The van der Waals surface area contributed by atoms with Gasteiger partial charge in [0.05, 0.1) is 11.4 Å². The van der Waals surface area contributed by atoms with Gasteiger partial charge in [-0.05, 0) is 24.5 Å². The molecule has 5 nitrogen and oxygen atoms in total. The van der Waals surface area contributed by atoms with E-state index in [2.05, 4.69) is 22.1 Å². The van der Waals surface area contributed by atoms with Crippen LogP contribution in [0.4, 0.5) is 14.5 Å². The summed E-state index contributed by atoms with van der Waals surface area (Å²) in [5.74, 6) is -0.170. The Hall–Kier alpha value is -2.22. The number of halogens is 2. The molecule has 3 rings (SSSR count). The summed E-state index contributed by atoms with van der Waals surface area (Å²) in [6.45, 7) is 4.37. The van der Waals surface area contributed by atoms with Crippen molar-refractivity contribution in [1.29, 1.82) is 0 Å². The monoisotopic (exact) mass is 420 g/mol. The minimum atomic E-state index is -0.803. The van der Waals surface area contributed by atoms with E-state index in [1.165, 1.54) is 49.9 Å². The smallest absolute Gasteiger partial charge is 0.234 e. The number of aryl methyl sites for hydroxylation is 1. The molecule has 1 N–H and O–H groups in total. The predicted molar refractivity (Wildman–Crippen MR) is 111 cm³/mol. The maximum Gasteiger partial charge on any atom is 0.234 e. The zero-order valence-electron chi connectivity index (χ0n) is 16.4. The Bertz CT molecular complexity index is 849. The van der Waals surface area contributed by atoms with Crippen molar-refractivity contribution in [2.24, 2.45) is 5.92 Å². The van der Waals surface area contributed by atoms with Crippen LogP contribution in [0, 0.1) is 17.6 Å². The van der Waals surface area contributed by atoms with E-state index in [9.17, 15) is 13.6 Å². The highest BCUT2D eigenvalue weighted by molar-refractivity contribution is 7.99. The maximum absolute atomic E-state index is 13.7. The number of anilines is 1. The molecule has 0 unspecified atom stereocenters. The molecule has 0 bridgehead atoms. The van der Waals surface area contributed by atoms with Gasteiger partial charge in [0.1, 0.15) is 17.5 Å². The highest BCUT2D eigenvalue weighted by atomic mass is 32.2. The number of nitrogens with zero attached hydrogens (tertiary/aromatic N) is 3. The van der Waals surface area contributed by atoms with E-state index in [1.54, 1.807) is 6.08 Å². The van der Waals surface area contributed by atoms with Crippen LogP contribution in [0.25, 0.3) is 0 Å². The SMILES string of the molecule is C=CCn1c(CCC2CCCCC2)nnc1SCC(=O)Nc1ccc(F)cc1F. The summed E-state index contributed by atoms with van der Waals surface area (Å²) in [6.07, 6.45) is 10.3. The minimum Gasteiger partial charge on any atom is -0.323 e. The summed E-state index contributed by atoms with van der Waals surface area (Å²) in [5, 5.41) is 11.6. The third-order valence-corrected chi connectivity index (χ3v) is 6.11. The van der Waals surface area contributed by atoms with E-state index in [1.807, 2.05) is 4.57 Å². The third kappa shape index (κ3) is 6.13. The second-order valence-electron chi connectivity index (χ2n) is 7.30. The van der Waals surface area contributed by atoms with Crippen molar-refractivity contribution < 1.29 is 13.6 Å². The Balaban J connectivity index is 1.57. The molecular weight excluding hydrogens is 394 g/mol. The van der Waals surface area contributed by atoms with Crippen LogP contribution in [0.15, 0.2) is 36.0 Å². The number of nitrogens with one attached hydrogen (secondary N) is 1. The Labute approximate surface area is 174 Å². The molecule has 1 aromatic heterocycles. The van der Waals surface area contributed by atoms with Crippen molar-refractivity contribution in [3.63, 3.8) is 0 Å². The molecule has 1 aromatic carbocycles. The van der Waals surface area contributed by atoms with Gasteiger partial charge in [0.2, 0.25) is 5.91 Å². The van der Waals surface area contributed by atoms with E-state index in [-0.39, 0.29) is 11.4 Å². The van der Waals surface area contributed by atoms with Crippen LogP contribution >= 0.6 is 11.8 Å². The number of benzene rings is 1. The van der Waals surface area contributed by atoms with Gasteiger partial charge in [-0.3, -0.25) is 4.79 Å². The first kappa shape index (κ1) is 21.5. The molecule has 1 fully saturated rings. The third-order valence-electron chi connectivity index (χ3n) is 5.14. The van der Waals surface area contributed by atoms with Crippen LogP contribution in [0.1, 0.15) is 44.3 Å². The van der Waals surface area contributed by atoms with E-state index in [4.69, 9.17) is 0 Å². The highest BCUT2D eigenvalue weighted by Crippen LogP contribution is 2.28. The molecule has 156 valence electrons. The number of allylic oxidation sites excluding steroid dienone is 1. The summed E-state index contributed by atoms with van der Waals surface area (Å²) in [6, 6.07) is 3.05. The molecule has 0 spiro atoms. The molecule has 1 heterocycles. The van der Waals surface area contributed by atoms with Crippen LogP contribution in [-0.4, -0.2) is 26.4 Å². The normalized spacial score (nSPS) is 14.7. The quantitative estimate of drug-likeness (QED) is 0.459. The second kappa shape index (κ2) is 10.5. The first-order valence-corrected chi connectivity index (χ1v) is 11.0. The van der Waals surface area contributed by atoms with Gasteiger partial charge in [-0.25, -0.2) is 8.78 Å². The van der Waals surface area contributed by atoms with Gasteiger partial charge in [-0.15, -0.1) is 16.8 Å². The van der Waals surface area contributed by atoms with Crippen molar-refractivity contribution in [2.45, 2.75) is 56.6 Å². The minimum absolute atomic E-state index is 0.0438. The molecule has 8 heteroatoms. The summed E-state index contributed by atoms with van der Waals surface area (Å²) in [4.78, 5) is 12.2. The van der Waals surface area contributed by atoms with Crippen molar-refractivity contribution in [3.8, 4) is 0 Å². The molecule has 1 aliphatic carbocycles. The van der Waals surface area contributed by atoms with Gasteiger partial charge in [-0.1, -0.05) is 49.9 Å². The van der Waals surface area contributed by atoms with Crippen LogP contribution in [0.3, 0.4) is 0 Å². The number of carbonyl (C=O) groups excluding carboxylic acids is 1. The maximum atomic E-state index is 13.7. The van der Waals surface area contributed by atoms with E-state index in [0.29, 0.717) is 11.7 Å². The lowest BCUT2D eigenvalue weighted by Gasteiger charge is -2.21. The number of rotatable bonds is 9. The molecule has 29 heavy (non-hydrogen) atoms. The van der Waals surface area contributed by atoms with Gasteiger partial charge < -0.3 is 9.88 Å². The first-order valence-electron chi connectivity index (χ1n) is 9.97. The topological polar surface area (TPSA) is 59.8 Å². The van der Waals surface area contributed by atoms with Gasteiger partial charge >= 0.3 is 0 Å². The largest absolute Gasteiger partial charge is 0.323 e. The van der Waals surface area contributed by atoms with Crippen LogP contribution in [-0.2, 0) is 17.8 Å². The Kier molecular flexibility index (Phi) is 7.80. The average molecular weight is 421 g/mol. The molecular formula is C21H26F2N4OS. The number of aromatic nitrogens is 3. The molecule has 1 saturated carbocycles. The molecule has 0 aliphatic heterocycles. The van der Waals surface area contributed by atoms with Gasteiger partial charge in [0.25, 0.3) is 0 Å². The number of thioether (sulfide) groups is 1. The summed E-state index contributed by atoms with van der Waals surface area (Å²) in [5.41, 5.74) is -0.0438. The number of carbonyl (C=O) groups is 1. The fraction of sp³-hybridized carbons (Fsp3) is 0.476. The lowest BCUT2D eigenvalue weighted by molar-refractivity contribution is -0.113. The predicted octanol–water partition coefficient (Wildman–Crippen LogP) is 4.99. The molecule has 0 atom stereocenters. The Morgan fingerprint density at radius 2 is 2.07 bits per heavy atom. The highest BCUT2D eigenvalue weighted by Gasteiger charge is 2.18. The molecule has 1 amide bonds. The van der Waals surface area contributed by atoms with Crippen molar-refractivity contribution in [3.05, 3.63) is 48.3 Å². The fourth-order valence-corrected chi connectivity index (χ4v) is 4.41. The van der Waals surface area contributed by atoms with Crippen molar-refractivity contribution in [2.75, 3.05) is 11.1 Å².